The Morgan fingerprint density at radius 3 is 2.33 bits per heavy atom. The number of aryl methyl sites for hydroxylation is 2. The molecule has 1 saturated carbocycles. The molecule has 1 aliphatic rings. The monoisotopic (exact) mass is 358 g/mol. The molecule has 0 atom stereocenters. The van der Waals surface area contributed by atoms with Crippen LogP contribution in [0.4, 0.5) is 5.82 Å². The third kappa shape index (κ3) is 4.33. The first-order valence-corrected chi connectivity index (χ1v) is 9.82. The third-order valence-corrected chi connectivity index (χ3v) is 5.21. The average molecular weight is 358 g/mol. The second-order valence-corrected chi connectivity index (χ2v) is 7.49. The largest absolute Gasteiger partial charge is 0.367 e. The topological polar surface area (TPSA) is 50.7 Å². The van der Waals surface area contributed by atoms with E-state index < -0.39 is 0 Å². The minimum Gasteiger partial charge on any atom is -0.367 e. The molecular formula is C23H26N4. The maximum Gasteiger partial charge on any atom is 0.130 e. The van der Waals surface area contributed by atoms with Gasteiger partial charge in [0.15, 0.2) is 0 Å². The number of nitrogens with zero attached hydrogens (tertiary/aromatic N) is 3. The van der Waals surface area contributed by atoms with E-state index in [1.807, 2.05) is 19.3 Å². The van der Waals surface area contributed by atoms with Crippen LogP contribution in [0.15, 0.2) is 48.8 Å². The molecule has 0 bridgehead atoms. The number of anilines is 1. The fraction of sp³-hybridized carbons (Fsp3) is 0.348. The van der Waals surface area contributed by atoms with Crippen LogP contribution in [0.2, 0.25) is 0 Å². The summed E-state index contributed by atoms with van der Waals surface area (Å²) in [4.78, 5) is 13.7. The van der Waals surface area contributed by atoms with Crippen molar-refractivity contribution in [2.24, 2.45) is 0 Å². The number of benzene rings is 1. The van der Waals surface area contributed by atoms with Crippen LogP contribution in [0, 0.1) is 13.8 Å². The summed E-state index contributed by atoms with van der Waals surface area (Å²) in [5.41, 5.74) is 5.46. The van der Waals surface area contributed by atoms with Crippen LogP contribution in [0.5, 0.6) is 0 Å². The second kappa shape index (κ2) is 7.87. The first kappa shape index (κ1) is 17.7. The first-order chi connectivity index (χ1) is 13.2. The summed E-state index contributed by atoms with van der Waals surface area (Å²) in [6.45, 7) is 4.05. The third-order valence-electron chi connectivity index (χ3n) is 5.21. The molecule has 3 aromatic rings. The zero-order valence-electron chi connectivity index (χ0n) is 16.1. The van der Waals surface area contributed by atoms with Gasteiger partial charge in [0.1, 0.15) is 11.6 Å². The van der Waals surface area contributed by atoms with Gasteiger partial charge in [-0.3, -0.25) is 4.98 Å². The lowest BCUT2D eigenvalue weighted by atomic mass is 9.95. The van der Waals surface area contributed by atoms with Crippen LogP contribution < -0.4 is 5.32 Å². The average Bonchev–Trinajstić information content (AvgIpc) is 2.69. The Hall–Kier alpha value is -2.75. The van der Waals surface area contributed by atoms with Crippen molar-refractivity contribution in [1.29, 1.82) is 0 Å². The summed E-state index contributed by atoms with van der Waals surface area (Å²) >= 11 is 0. The quantitative estimate of drug-likeness (QED) is 0.663. The molecule has 4 rings (SSSR count). The lowest BCUT2D eigenvalue weighted by molar-refractivity contribution is 0.462. The molecule has 27 heavy (non-hydrogen) atoms. The fourth-order valence-corrected chi connectivity index (χ4v) is 3.73. The van der Waals surface area contributed by atoms with Crippen molar-refractivity contribution in [3.63, 3.8) is 0 Å². The van der Waals surface area contributed by atoms with Crippen molar-refractivity contribution in [3.8, 4) is 22.4 Å². The van der Waals surface area contributed by atoms with E-state index >= 15 is 0 Å². The van der Waals surface area contributed by atoms with Gasteiger partial charge in [0, 0.05) is 35.6 Å². The summed E-state index contributed by atoms with van der Waals surface area (Å²) in [7, 11) is 0. The van der Waals surface area contributed by atoms with Gasteiger partial charge < -0.3 is 5.32 Å². The number of aromatic nitrogens is 3. The minimum atomic E-state index is 0.526. The van der Waals surface area contributed by atoms with Gasteiger partial charge in [0.2, 0.25) is 0 Å². The fourth-order valence-electron chi connectivity index (χ4n) is 3.73. The molecule has 0 spiro atoms. The Morgan fingerprint density at radius 1 is 0.815 bits per heavy atom. The molecule has 1 N–H and O–H groups in total. The SMILES string of the molecule is Cc1ccc(-c2cncc(-c3cc(NC4CCCCC4)nc(C)n3)c2)cc1. The molecular weight excluding hydrogens is 332 g/mol. The van der Waals surface area contributed by atoms with Crippen LogP contribution >= 0.6 is 0 Å². The van der Waals surface area contributed by atoms with E-state index in [0.29, 0.717) is 6.04 Å². The zero-order chi connectivity index (χ0) is 18.6. The van der Waals surface area contributed by atoms with Gasteiger partial charge in [-0.2, -0.15) is 0 Å². The van der Waals surface area contributed by atoms with E-state index in [1.165, 1.54) is 43.2 Å². The molecule has 1 fully saturated rings. The van der Waals surface area contributed by atoms with E-state index in [4.69, 9.17) is 0 Å². The normalized spacial score (nSPS) is 14.9. The van der Waals surface area contributed by atoms with Gasteiger partial charge in [-0.05, 0) is 38.3 Å². The smallest absolute Gasteiger partial charge is 0.130 e. The highest BCUT2D eigenvalue weighted by molar-refractivity contribution is 5.71. The zero-order valence-corrected chi connectivity index (χ0v) is 16.1. The second-order valence-electron chi connectivity index (χ2n) is 7.49. The molecule has 2 heterocycles. The van der Waals surface area contributed by atoms with Gasteiger partial charge >= 0.3 is 0 Å². The number of pyridine rings is 1. The number of rotatable bonds is 4. The molecule has 4 nitrogen and oxygen atoms in total. The van der Waals surface area contributed by atoms with Gasteiger partial charge in [-0.15, -0.1) is 0 Å². The van der Waals surface area contributed by atoms with Crippen molar-refractivity contribution in [2.75, 3.05) is 5.32 Å². The number of hydrogen-bond acceptors (Lipinski definition) is 4. The summed E-state index contributed by atoms with van der Waals surface area (Å²) in [6.07, 6.45) is 10.2. The predicted octanol–water partition coefficient (Wildman–Crippen LogP) is 5.57. The van der Waals surface area contributed by atoms with Crippen molar-refractivity contribution < 1.29 is 0 Å². The lowest BCUT2D eigenvalue weighted by Gasteiger charge is -2.23. The maximum atomic E-state index is 4.65. The lowest BCUT2D eigenvalue weighted by Crippen LogP contribution is -2.23. The van der Waals surface area contributed by atoms with Crippen molar-refractivity contribution in [1.82, 2.24) is 15.0 Å². The number of hydrogen-bond donors (Lipinski definition) is 1. The molecule has 0 amide bonds. The van der Waals surface area contributed by atoms with E-state index in [0.717, 1.165) is 28.5 Å². The van der Waals surface area contributed by atoms with E-state index in [1.54, 1.807) is 0 Å². The summed E-state index contributed by atoms with van der Waals surface area (Å²) in [5, 5.41) is 3.61. The Morgan fingerprint density at radius 2 is 1.56 bits per heavy atom. The summed E-state index contributed by atoms with van der Waals surface area (Å²) in [5.74, 6) is 1.71. The molecule has 0 radical (unpaired) electrons. The van der Waals surface area contributed by atoms with Crippen LogP contribution in [-0.2, 0) is 0 Å². The minimum absolute atomic E-state index is 0.526. The Kier molecular flexibility index (Phi) is 5.14. The Bertz CT molecular complexity index is 912. The highest BCUT2D eigenvalue weighted by Gasteiger charge is 2.14. The molecule has 0 aliphatic heterocycles. The summed E-state index contributed by atoms with van der Waals surface area (Å²) < 4.78 is 0. The van der Waals surface area contributed by atoms with Crippen LogP contribution in [0.1, 0.15) is 43.5 Å². The highest BCUT2D eigenvalue weighted by Crippen LogP contribution is 2.27. The van der Waals surface area contributed by atoms with Gasteiger partial charge in [0.25, 0.3) is 0 Å². The Balaban J connectivity index is 1.62. The van der Waals surface area contributed by atoms with Crippen LogP contribution in [0.25, 0.3) is 22.4 Å². The van der Waals surface area contributed by atoms with Crippen molar-refractivity contribution in [3.05, 3.63) is 60.2 Å². The Labute approximate surface area is 161 Å². The number of nitrogens with one attached hydrogen (secondary N) is 1. The highest BCUT2D eigenvalue weighted by atomic mass is 15.0. The molecule has 4 heteroatoms. The summed E-state index contributed by atoms with van der Waals surface area (Å²) in [6, 6.07) is 13.3. The van der Waals surface area contributed by atoms with Gasteiger partial charge in [0.05, 0.1) is 5.69 Å². The predicted molar refractivity (Wildman–Crippen MR) is 111 cm³/mol. The van der Waals surface area contributed by atoms with Gasteiger partial charge in [-0.25, -0.2) is 9.97 Å². The molecule has 138 valence electrons. The molecule has 1 aliphatic carbocycles. The van der Waals surface area contributed by atoms with Crippen LogP contribution in [0.3, 0.4) is 0 Å². The molecule has 0 unspecified atom stereocenters. The molecule has 2 aromatic heterocycles. The molecule has 1 aromatic carbocycles. The van der Waals surface area contributed by atoms with E-state index in [9.17, 15) is 0 Å². The standard InChI is InChI=1S/C23H26N4/c1-16-8-10-18(11-9-16)19-12-20(15-24-14-19)22-13-23(26-17(2)25-22)27-21-6-4-3-5-7-21/h8-15,21H,3-7H2,1-2H3,(H,25,26,27). The van der Waals surface area contributed by atoms with Crippen molar-refractivity contribution in [2.45, 2.75) is 52.0 Å². The van der Waals surface area contributed by atoms with Crippen molar-refractivity contribution >= 4 is 5.82 Å². The molecule has 0 saturated heterocycles. The van der Waals surface area contributed by atoms with Gasteiger partial charge in [-0.1, -0.05) is 49.1 Å². The first-order valence-electron chi connectivity index (χ1n) is 9.82. The maximum absolute atomic E-state index is 4.65. The van der Waals surface area contributed by atoms with E-state index in [2.05, 4.69) is 63.6 Å². The van der Waals surface area contributed by atoms with Crippen LogP contribution in [-0.4, -0.2) is 21.0 Å². The van der Waals surface area contributed by atoms with E-state index in [-0.39, 0.29) is 0 Å².